The highest BCUT2D eigenvalue weighted by Gasteiger charge is 2.25. The molecule has 0 radical (unpaired) electrons. The molecule has 0 aliphatic carbocycles. The van der Waals surface area contributed by atoms with E-state index in [1.54, 1.807) is 6.33 Å². The van der Waals surface area contributed by atoms with Gasteiger partial charge in [-0.3, -0.25) is 4.90 Å². The Hall–Kier alpha value is -3.54. The first-order valence-corrected chi connectivity index (χ1v) is 8.94. The van der Waals surface area contributed by atoms with Crippen LogP contribution in [0.4, 0.5) is 16.2 Å². The minimum atomic E-state index is -0.106. The van der Waals surface area contributed by atoms with Crippen molar-refractivity contribution in [2.45, 2.75) is 6.42 Å². The zero-order valence-electron chi connectivity index (χ0n) is 14.9. The highest BCUT2D eigenvalue weighted by molar-refractivity contribution is 6.04. The molecule has 0 unspecified atom stereocenters. The number of nitrogens with zero attached hydrogens (tertiary/aromatic N) is 3. The van der Waals surface area contributed by atoms with Gasteiger partial charge < -0.3 is 14.9 Å². The van der Waals surface area contributed by atoms with Crippen molar-refractivity contribution in [1.82, 2.24) is 14.5 Å². The fourth-order valence-corrected chi connectivity index (χ4v) is 3.73. The summed E-state index contributed by atoms with van der Waals surface area (Å²) in [6.07, 6.45) is 6.38. The number of hydrogen-bond acceptors (Lipinski definition) is 2. The smallest absolute Gasteiger partial charge is 0.326 e. The van der Waals surface area contributed by atoms with Gasteiger partial charge in [0.2, 0.25) is 0 Å². The van der Waals surface area contributed by atoms with Crippen LogP contribution in [0.3, 0.4) is 0 Å². The monoisotopic (exact) mass is 357 g/mol. The van der Waals surface area contributed by atoms with E-state index < -0.39 is 0 Å². The van der Waals surface area contributed by atoms with E-state index in [9.17, 15) is 4.79 Å². The van der Waals surface area contributed by atoms with Crippen LogP contribution in [0.2, 0.25) is 0 Å². The van der Waals surface area contributed by atoms with E-state index in [1.165, 1.54) is 5.56 Å². The van der Waals surface area contributed by atoms with E-state index in [0.29, 0.717) is 6.54 Å². The fourth-order valence-electron chi connectivity index (χ4n) is 3.73. The molecule has 27 heavy (non-hydrogen) atoms. The molecule has 0 fully saturated rings. The third-order valence-corrected chi connectivity index (χ3v) is 5.12. The van der Waals surface area contributed by atoms with Crippen molar-refractivity contribution in [3.8, 4) is 11.3 Å². The van der Waals surface area contributed by atoms with Gasteiger partial charge in [-0.25, -0.2) is 9.78 Å². The quantitative estimate of drug-likeness (QED) is 0.566. The summed E-state index contributed by atoms with van der Waals surface area (Å²) in [5.74, 6) is 0. The molecule has 134 valence electrons. The van der Waals surface area contributed by atoms with Gasteiger partial charge in [-0.05, 0) is 42.3 Å². The topological polar surface area (TPSA) is 66.0 Å². The van der Waals surface area contributed by atoms with Gasteiger partial charge in [0.25, 0.3) is 0 Å². The van der Waals surface area contributed by atoms with Crippen LogP contribution in [0.5, 0.6) is 0 Å². The number of imidazole rings is 1. The van der Waals surface area contributed by atoms with Gasteiger partial charge in [-0.2, -0.15) is 0 Å². The molecule has 1 aliphatic rings. The van der Waals surface area contributed by atoms with Crippen molar-refractivity contribution in [3.05, 3.63) is 66.7 Å². The van der Waals surface area contributed by atoms with Gasteiger partial charge in [0.05, 0.1) is 18.2 Å². The second-order valence-corrected chi connectivity index (χ2v) is 6.85. The van der Waals surface area contributed by atoms with Crippen LogP contribution in [-0.2, 0) is 13.5 Å². The largest absolute Gasteiger partial charge is 0.361 e. The molecule has 0 atom stereocenters. The average molecular weight is 357 g/mol. The molecular weight excluding hydrogens is 338 g/mol. The molecule has 2 aromatic carbocycles. The van der Waals surface area contributed by atoms with Gasteiger partial charge in [-0.15, -0.1) is 0 Å². The molecule has 4 aromatic rings. The van der Waals surface area contributed by atoms with Gasteiger partial charge in [0, 0.05) is 47.6 Å². The number of aromatic nitrogens is 3. The van der Waals surface area contributed by atoms with Crippen LogP contribution < -0.4 is 10.2 Å². The van der Waals surface area contributed by atoms with Crippen molar-refractivity contribution >= 4 is 28.3 Å². The molecule has 3 heterocycles. The third-order valence-electron chi connectivity index (χ3n) is 5.12. The fraction of sp³-hybridized carbons (Fsp3) is 0.143. The predicted octanol–water partition coefficient (Wildman–Crippen LogP) is 4.16. The van der Waals surface area contributed by atoms with Crippen LogP contribution in [0.15, 0.2) is 61.2 Å². The van der Waals surface area contributed by atoms with Crippen LogP contribution >= 0.6 is 0 Å². The number of aryl methyl sites for hydroxylation is 1. The minimum Gasteiger partial charge on any atom is -0.361 e. The van der Waals surface area contributed by atoms with Crippen molar-refractivity contribution in [2.75, 3.05) is 16.8 Å². The van der Waals surface area contributed by atoms with Crippen molar-refractivity contribution in [1.29, 1.82) is 0 Å². The molecule has 2 N–H and O–H groups in total. The lowest BCUT2D eigenvalue weighted by Crippen LogP contribution is -2.33. The lowest BCUT2D eigenvalue weighted by molar-refractivity contribution is 0.257. The van der Waals surface area contributed by atoms with Crippen LogP contribution in [0.1, 0.15) is 5.56 Å². The average Bonchev–Trinajstić information content (AvgIpc) is 3.38. The van der Waals surface area contributed by atoms with Gasteiger partial charge in [0.1, 0.15) is 0 Å². The Kier molecular flexibility index (Phi) is 3.50. The summed E-state index contributed by atoms with van der Waals surface area (Å²) in [6, 6.07) is 14.0. The number of fused-ring (bicyclic) bond motifs is 2. The van der Waals surface area contributed by atoms with Gasteiger partial charge in [0.15, 0.2) is 0 Å². The number of aromatic amines is 1. The van der Waals surface area contributed by atoms with Crippen LogP contribution in [0.25, 0.3) is 22.2 Å². The molecule has 2 amide bonds. The molecule has 1 aliphatic heterocycles. The van der Waals surface area contributed by atoms with E-state index in [-0.39, 0.29) is 6.03 Å². The Bertz CT molecular complexity index is 1160. The Morgan fingerprint density at radius 2 is 2.15 bits per heavy atom. The zero-order chi connectivity index (χ0) is 18.4. The van der Waals surface area contributed by atoms with Crippen molar-refractivity contribution in [2.24, 2.45) is 7.05 Å². The first-order valence-electron chi connectivity index (χ1n) is 8.94. The Balaban J connectivity index is 1.41. The van der Waals surface area contributed by atoms with E-state index in [1.807, 2.05) is 59.2 Å². The van der Waals surface area contributed by atoms with Crippen molar-refractivity contribution < 1.29 is 4.79 Å². The summed E-state index contributed by atoms with van der Waals surface area (Å²) in [6.45, 7) is 0.690. The lowest BCUT2D eigenvalue weighted by atomic mass is 10.1. The molecule has 0 bridgehead atoms. The van der Waals surface area contributed by atoms with E-state index >= 15 is 0 Å². The molecular formula is C21H19N5O. The number of H-pyrrole nitrogens is 1. The number of carbonyl (C=O) groups is 1. The lowest BCUT2D eigenvalue weighted by Gasteiger charge is -2.18. The molecule has 6 nitrogen and oxygen atoms in total. The molecule has 6 heteroatoms. The second-order valence-electron chi connectivity index (χ2n) is 6.85. The number of rotatable bonds is 2. The maximum absolute atomic E-state index is 12.9. The van der Waals surface area contributed by atoms with Crippen LogP contribution in [-0.4, -0.2) is 27.1 Å². The molecule has 5 rings (SSSR count). The normalized spacial score (nSPS) is 13.1. The Labute approximate surface area is 156 Å². The Morgan fingerprint density at radius 3 is 3.00 bits per heavy atom. The summed E-state index contributed by atoms with van der Waals surface area (Å²) in [5.41, 5.74) is 6.09. The SMILES string of the molecule is Cn1cncc1-c1cccc(NC(=O)N2CCc3cc4[nH]ccc4cc32)c1. The summed E-state index contributed by atoms with van der Waals surface area (Å²) in [7, 11) is 1.95. The van der Waals surface area contributed by atoms with E-state index in [4.69, 9.17) is 0 Å². The van der Waals surface area contributed by atoms with E-state index in [0.717, 1.165) is 40.0 Å². The number of amides is 2. The summed E-state index contributed by atoms with van der Waals surface area (Å²) in [5, 5.41) is 4.16. The van der Waals surface area contributed by atoms with E-state index in [2.05, 4.69) is 27.4 Å². The summed E-state index contributed by atoms with van der Waals surface area (Å²) < 4.78 is 1.96. The summed E-state index contributed by atoms with van der Waals surface area (Å²) in [4.78, 5) is 22.1. The maximum Gasteiger partial charge on any atom is 0.326 e. The number of anilines is 2. The van der Waals surface area contributed by atoms with Gasteiger partial charge in [-0.1, -0.05) is 12.1 Å². The first kappa shape index (κ1) is 15.7. The predicted molar refractivity (Wildman–Crippen MR) is 107 cm³/mol. The highest BCUT2D eigenvalue weighted by Crippen LogP contribution is 2.32. The number of urea groups is 1. The molecule has 0 saturated heterocycles. The standard InChI is InChI=1S/C21H19N5O/c1-25-13-22-12-20(25)15-3-2-4-17(9-15)24-21(27)26-8-6-16-10-18-14(5-7-23-18)11-19(16)26/h2-5,7,9-13,23H,6,8H2,1H3,(H,24,27). The maximum atomic E-state index is 12.9. The number of carbonyl (C=O) groups excluding carboxylic acids is 1. The number of hydrogen-bond donors (Lipinski definition) is 2. The molecule has 0 spiro atoms. The number of benzene rings is 2. The zero-order valence-corrected chi connectivity index (χ0v) is 14.9. The number of nitrogens with one attached hydrogen (secondary N) is 2. The second kappa shape index (κ2) is 6.02. The Morgan fingerprint density at radius 1 is 1.22 bits per heavy atom. The highest BCUT2D eigenvalue weighted by atomic mass is 16.2. The van der Waals surface area contributed by atoms with Gasteiger partial charge >= 0.3 is 6.03 Å². The summed E-state index contributed by atoms with van der Waals surface area (Å²) >= 11 is 0. The minimum absolute atomic E-state index is 0.106. The third kappa shape index (κ3) is 2.66. The molecule has 0 saturated carbocycles. The first-order chi connectivity index (χ1) is 13.2. The van der Waals surface area contributed by atoms with Crippen molar-refractivity contribution in [3.63, 3.8) is 0 Å². The molecule has 2 aromatic heterocycles. The van der Waals surface area contributed by atoms with Crippen LogP contribution in [0, 0.1) is 0 Å².